The minimum Gasteiger partial charge on any atom is -0.497 e. The van der Waals surface area contributed by atoms with Crippen molar-refractivity contribution in [2.45, 2.75) is 17.5 Å². The van der Waals surface area contributed by atoms with E-state index in [1.165, 1.54) is 35.2 Å². The second-order valence-corrected chi connectivity index (χ2v) is 9.20. The van der Waals surface area contributed by atoms with E-state index in [9.17, 15) is 9.18 Å². The number of benzene rings is 3. The molecule has 0 spiro atoms. The van der Waals surface area contributed by atoms with Crippen molar-refractivity contribution < 1.29 is 9.13 Å². The Labute approximate surface area is 197 Å². The zero-order valence-electron chi connectivity index (χ0n) is 17.6. The summed E-state index contributed by atoms with van der Waals surface area (Å²) in [5.41, 5.74) is 2.72. The minimum atomic E-state index is -0.263. The number of nitrogens with zero attached hydrogens (tertiary/aromatic N) is 4. The fraction of sp³-hybridized carbons (Fsp3) is 0.125. The molecule has 0 radical (unpaired) electrons. The molecule has 0 amide bonds. The molecule has 0 bridgehead atoms. The van der Waals surface area contributed by atoms with Gasteiger partial charge in [-0.3, -0.25) is 13.9 Å². The van der Waals surface area contributed by atoms with Crippen molar-refractivity contribution in [2.24, 2.45) is 0 Å². The number of ether oxygens (including phenoxy) is 1. The van der Waals surface area contributed by atoms with E-state index in [1.807, 2.05) is 53.1 Å². The maximum atomic E-state index is 13.3. The molecule has 0 unspecified atom stereocenters. The van der Waals surface area contributed by atoms with E-state index in [0.717, 1.165) is 27.2 Å². The van der Waals surface area contributed by atoms with E-state index in [0.29, 0.717) is 23.3 Å². The van der Waals surface area contributed by atoms with Crippen molar-refractivity contribution in [3.05, 3.63) is 99.7 Å². The van der Waals surface area contributed by atoms with Crippen molar-refractivity contribution in [1.29, 1.82) is 0 Å². The van der Waals surface area contributed by atoms with Crippen LogP contribution in [-0.4, -0.2) is 26.4 Å². The number of hydrogen-bond donors (Lipinski definition) is 0. The van der Waals surface area contributed by atoms with Crippen molar-refractivity contribution in [3.63, 3.8) is 0 Å². The molecule has 2 heterocycles. The molecule has 0 atom stereocenters. The standard InChI is InChI=1S/C24H19FN4O2S2/c1-31-19-12-10-18(11-13-19)29-22(14-28-20-4-2-3-5-21(20)33-24(28)30)26-27-23(29)32-15-16-6-8-17(25)9-7-16/h2-13H,14-15H2,1H3. The van der Waals surface area contributed by atoms with Crippen molar-refractivity contribution >= 4 is 33.3 Å². The lowest BCUT2D eigenvalue weighted by atomic mass is 10.2. The minimum absolute atomic E-state index is 0.0407. The van der Waals surface area contributed by atoms with E-state index in [4.69, 9.17) is 4.74 Å². The highest BCUT2D eigenvalue weighted by atomic mass is 32.2. The Morgan fingerprint density at radius 3 is 2.52 bits per heavy atom. The highest BCUT2D eigenvalue weighted by molar-refractivity contribution is 7.98. The first-order valence-corrected chi connectivity index (χ1v) is 12.0. The smallest absolute Gasteiger partial charge is 0.308 e. The largest absolute Gasteiger partial charge is 0.497 e. The predicted molar refractivity (Wildman–Crippen MR) is 129 cm³/mol. The van der Waals surface area contributed by atoms with Crippen LogP contribution in [0.2, 0.25) is 0 Å². The zero-order valence-corrected chi connectivity index (χ0v) is 19.3. The summed E-state index contributed by atoms with van der Waals surface area (Å²) in [6.07, 6.45) is 0. The number of halogens is 1. The molecule has 5 rings (SSSR count). The average Bonchev–Trinajstić information content (AvgIpc) is 3.39. The number of methoxy groups -OCH3 is 1. The topological polar surface area (TPSA) is 61.9 Å². The number of fused-ring (bicyclic) bond motifs is 1. The fourth-order valence-electron chi connectivity index (χ4n) is 3.52. The van der Waals surface area contributed by atoms with Gasteiger partial charge < -0.3 is 4.74 Å². The normalized spacial score (nSPS) is 11.2. The third-order valence-electron chi connectivity index (χ3n) is 5.19. The number of aromatic nitrogens is 4. The number of para-hydroxylation sites is 1. The fourth-order valence-corrected chi connectivity index (χ4v) is 5.34. The maximum absolute atomic E-state index is 13.3. The van der Waals surface area contributed by atoms with E-state index in [-0.39, 0.29) is 10.7 Å². The van der Waals surface area contributed by atoms with Crippen LogP contribution in [0.3, 0.4) is 0 Å². The van der Waals surface area contributed by atoms with Gasteiger partial charge in [0.2, 0.25) is 0 Å². The molecular formula is C24H19FN4O2S2. The lowest BCUT2D eigenvalue weighted by Gasteiger charge is -2.12. The molecule has 3 aromatic carbocycles. The number of thioether (sulfide) groups is 1. The van der Waals surface area contributed by atoms with Crippen LogP contribution in [0.25, 0.3) is 15.9 Å². The monoisotopic (exact) mass is 478 g/mol. The first-order chi connectivity index (χ1) is 16.1. The molecule has 0 aliphatic rings. The Bertz CT molecular complexity index is 1460. The van der Waals surface area contributed by atoms with E-state index in [1.54, 1.807) is 23.8 Å². The van der Waals surface area contributed by atoms with Gasteiger partial charge in [0, 0.05) is 11.4 Å². The highest BCUT2D eigenvalue weighted by Crippen LogP contribution is 2.27. The Hall–Kier alpha value is -3.43. The third-order valence-corrected chi connectivity index (χ3v) is 7.15. The lowest BCUT2D eigenvalue weighted by Crippen LogP contribution is -2.16. The molecule has 0 saturated heterocycles. The van der Waals surface area contributed by atoms with Gasteiger partial charge in [0.05, 0.1) is 23.9 Å². The Morgan fingerprint density at radius 1 is 1.00 bits per heavy atom. The molecule has 0 aliphatic heterocycles. The van der Waals surface area contributed by atoms with Crippen LogP contribution in [0, 0.1) is 5.82 Å². The molecular weight excluding hydrogens is 459 g/mol. The van der Waals surface area contributed by atoms with Gasteiger partial charge in [0.1, 0.15) is 11.6 Å². The summed E-state index contributed by atoms with van der Waals surface area (Å²) in [5.74, 6) is 1.73. The Morgan fingerprint density at radius 2 is 1.76 bits per heavy atom. The van der Waals surface area contributed by atoms with Gasteiger partial charge in [0.15, 0.2) is 11.0 Å². The lowest BCUT2D eigenvalue weighted by molar-refractivity contribution is 0.414. The molecule has 166 valence electrons. The van der Waals surface area contributed by atoms with Crippen LogP contribution >= 0.6 is 23.1 Å². The van der Waals surface area contributed by atoms with Gasteiger partial charge >= 0.3 is 4.87 Å². The molecule has 9 heteroatoms. The number of rotatable bonds is 7. The first kappa shape index (κ1) is 21.4. The van der Waals surface area contributed by atoms with Gasteiger partial charge in [-0.15, -0.1) is 10.2 Å². The average molecular weight is 479 g/mol. The molecule has 0 fully saturated rings. The van der Waals surface area contributed by atoms with Crippen LogP contribution in [-0.2, 0) is 12.3 Å². The highest BCUT2D eigenvalue weighted by Gasteiger charge is 2.18. The Kier molecular flexibility index (Phi) is 5.97. The molecule has 0 saturated carbocycles. The van der Waals surface area contributed by atoms with Gasteiger partial charge in [-0.1, -0.05) is 47.4 Å². The molecule has 6 nitrogen and oxygen atoms in total. The summed E-state index contributed by atoms with van der Waals surface area (Å²) in [5, 5.41) is 9.53. The maximum Gasteiger partial charge on any atom is 0.308 e. The molecule has 0 aliphatic carbocycles. The summed E-state index contributed by atoms with van der Waals surface area (Å²) in [6.45, 7) is 0.291. The van der Waals surface area contributed by atoms with Gasteiger partial charge in [-0.25, -0.2) is 4.39 Å². The molecule has 2 aromatic heterocycles. The predicted octanol–water partition coefficient (Wildman–Crippen LogP) is 5.13. The Balaban J connectivity index is 1.53. The van der Waals surface area contributed by atoms with Crippen LogP contribution in [0.1, 0.15) is 11.4 Å². The molecule has 0 N–H and O–H groups in total. The van der Waals surface area contributed by atoms with E-state index >= 15 is 0 Å². The van der Waals surface area contributed by atoms with Crippen LogP contribution in [0.5, 0.6) is 5.75 Å². The second-order valence-electron chi connectivity index (χ2n) is 7.27. The van der Waals surface area contributed by atoms with Gasteiger partial charge in [-0.05, 0) is 54.1 Å². The summed E-state index contributed by atoms with van der Waals surface area (Å²) >= 11 is 2.72. The van der Waals surface area contributed by atoms with Crippen molar-refractivity contribution in [3.8, 4) is 11.4 Å². The quantitative estimate of drug-likeness (QED) is 0.304. The summed E-state index contributed by atoms with van der Waals surface area (Å²) in [6, 6.07) is 21.7. The van der Waals surface area contributed by atoms with Crippen LogP contribution in [0.15, 0.2) is 82.7 Å². The van der Waals surface area contributed by atoms with Crippen LogP contribution < -0.4 is 9.61 Å². The number of hydrogen-bond acceptors (Lipinski definition) is 6. The third kappa shape index (κ3) is 4.42. The molecule has 5 aromatic rings. The van der Waals surface area contributed by atoms with Crippen LogP contribution in [0.4, 0.5) is 4.39 Å². The number of thiazole rings is 1. The summed E-state index contributed by atoms with van der Waals surface area (Å²) < 4.78 is 23.2. The van der Waals surface area contributed by atoms with Gasteiger partial charge in [-0.2, -0.15) is 0 Å². The van der Waals surface area contributed by atoms with E-state index in [2.05, 4.69) is 10.2 Å². The summed E-state index contributed by atoms with van der Waals surface area (Å²) in [4.78, 5) is 12.7. The molecule has 33 heavy (non-hydrogen) atoms. The van der Waals surface area contributed by atoms with Crippen molar-refractivity contribution in [2.75, 3.05) is 7.11 Å². The van der Waals surface area contributed by atoms with Gasteiger partial charge in [0.25, 0.3) is 0 Å². The SMILES string of the molecule is COc1ccc(-n2c(Cn3c(=O)sc4ccccc43)nnc2SCc2ccc(F)cc2)cc1. The van der Waals surface area contributed by atoms with Crippen molar-refractivity contribution in [1.82, 2.24) is 19.3 Å². The first-order valence-electron chi connectivity index (χ1n) is 10.2. The zero-order chi connectivity index (χ0) is 22.8. The second kappa shape index (κ2) is 9.21. The van der Waals surface area contributed by atoms with E-state index < -0.39 is 0 Å². The summed E-state index contributed by atoms with van der Waals surface area (Å²) in [7, 11) is 1.62.